The summed E-state index contributed by atoms with van der Waals surface area (Å²) >= 11 is 0. The van der Waals surface area contributed by atoms with Crippen molar-refractivity contribution in [3.8, 4) is 0 Å². The Labute approximate surface area is 54.0 Å². The topological polar surface area (TPSA) is 37.3 Å². The van der Waals surface area contributed by atoms with Crippen LogP contribution in [0.1, 0.15) is 8.35 Å². The molecule has 0 unspecified atom stereocenters. The summed E-state index contributed by atoms with van der Waals surface area (Å²) in [5.74, 6) is -0.833. The zero-order valence-electron chi connectivity index (χ0n) is 2.36. The molecule has 0 amide bonds. The third-order valence-corrected chi connectivity index (χ3v) is 0. The van der Waals surface area contributed by atoms with Crippen molar-refractivity contribution in [1.82, 2.24) is 0 Å². The van der Waals surface area contributed by atoms with Gasteiger partial charge in [0, 0.05) is 8.35 Å². The van der Waals surface area contributed by atoms with Crippen LogP contribution in [0, 0.1) is 0 Å². The Morgan fingerprint density at radius 3 is 2.00 bits per heavy atom. The summed E-state index contributed by atoms with van der Waals surface area (Å²) in [5, 5.41) is 7.42. The number of hydrogen-bond acceptors (Lipinski definition) is 1. The first kappa shape index (κ1) is 9.08. The fourth-order valence-electron chi connectivity index (χ4n) is 0. The fourth-order valence-corrected chi connectivity index (χ4v) is 0. The molecule has 0 atom stereocenters. The van der Waals surface area contributed by atoms with Crippen molar-refractivity contribution in [2.75, 3.05) is 0 Å². The van der Waals surface area contributed by atoms with Gasteiger partial charge in [0.25, 0.3) is 5.97 Å². The minimum absolute atomic E-state index is 0. The Morgan fingerprint density at radius 1 is 2.00 bits per heavy atom. The maximum absolute atomic E-state index is 9.00. The van der Waals surface area contributed by atoms with Crippen LogP contribution in [0.25, 0.3) is 0 Å². The van der Waals surface area contributed by atoms with E-state index in [0.29, 0.717) is 0 Å². The van der Waals surface area contributed by atoms with Crippen molar-refractivity contribution in [1.29, 1.82) is 0 Å². The van der Waals surface area contributed by atoms with E-state index in [2.05, 4.69) is 0 Å². The van der Waals surface area contributed by atoms with Gasteiger partial charge in [0.1, 0.15) is 0 Å². The van der Waals surface area contributed by atoms with Crippen molar-refractivity contribution in [2.24, 2.45) is 0 Å². The molecule has 0 aromatic carbocycles. The van der Waals surface area contributed by atoms with Crippen molar-refractivity contribution in [2.45, 2.75) is 6.92 Å². The van der Waals surface area contributed by atoms with Crippen LogP contribution in [-0.2, 0) is 4.79 Å². The van der Waals surface area contributed by atoms with Gasteiger partial charge in [-0.1, -0.05) is 0 Å². The van der Waals surface area contributed by atoms with E-state index in [0.717, 1.165) is 6.92 Å². The van der Waals surface area contributed by atoms with Crippen LogP contribution < -0.4 is 0 Å². The van der Waals surface area contributed by atoms with Gasteiger partial charge in [-0.3, -0.25) is 4.79 Å². The van der Waals surface area contributed by atoms with Crippen LogP contribution in [0.2, 0.25) is 0 Å². The van der Waals surface area contributed by atoms with Crippen LogP contribution in [0.5, 0.6) is 0 Å². The molecule has 0 heterocycles. The average molecular weight is 86.1 g/mol. The summed E-state index contributed by atoms with van der Waals surface area (Å²) in [5.41, 5.74) is 0. The van der Waals surface area contributed by atoms with Crippen LogP contribution in [0.4, 0.5) is 0 Å². The third kappa shape index (κ3) is 123. The summed E-state index contributed by atoms with van der Waals surface area (Å²) in [6.45, 7) is 1.08. The summed E-state index contributed by atoms with van der Waals surface area (Å²) in [7, 11) is 0. The predicted molar refractivity (Wildman–Crippen MR) is 22.6 cm³/mol. The molecule has 5 heavy (non-hydrogen) atoms. The zero-order chi connectivity index (χ0) is 3.58. The van der Waals surface area contributed by atoms with Gasteiger partial charge >= 0.3 is 29.6 Å². The SMILES string of the molecule is CC(=O)O.[HH].[NaH]. The Bertz CT molecular complexity index is 34.5. The van der Waals surface area contributed by atoms with E-state index in [1.807, 2.05) is 0 Å². The average Bonchev–Trinajstić information content (AvgIpc) is 0.811. The molecule has 0 aromatic rings. The number of carboxylic acid groups (broad SMARTS) is 1. The van der Waals surface area contributed by atoms with Gasteiger partial charge in [0.15, 0.2) is 0 Å². The van der Waals surface area contributed by atoms with Crippen LogP contribution >= 0.6 is 0 Å². The van der Waals surface area contributed by atoms with Crippen molar-refractivity contribution < 1.29 is 11.3 Å². The standard InChI is InChI=1S/C2H4O2.Na.H2.H/c1-2(3)4;;;/h1H3,(H,3,4);;1H;. The number of hydrogen-bond donors (Lipinski definition) is 1. The van der Waals surface area contributed by atoms with Gasteiger partial charge < -0.3 is 5.11 Å². The summed E-state index contributed by atoms with van der Waals surface area (Å²) in [6, 6.07) is 0. The second kappa shape index (κ2) is 4.47. The summed E-state index contributed by atoms with van der Waals surface area (Å²) in [6.07, 6.45) is 0. The van der Waals surface area contributed by atoms with E-state index in [1.54, 1.807) is 0 Å². The van der Waals surface area contributed by atoms with Crippen molar-refractivity contribution in [3.63, 3.8) is 0 Å². The summed E-state index contributed by atoms with van der Waals surface area (Å²) < 4.78 is 0. The third-order valence-electron chi connectivity index (χ3n) is 0. The monoisotopic (exact) mass is 86.0 g/mol. The minimum atomic E-state index is -0.833. The molecule has 0 bridgehead atoms. The second-order valence-electron chi connectivity index (χ2n) is 0.519. The Kier molecular flexibility index (Phi) is 8.11. The molecule has 0 spiro atoms. The zero-order valence-corrected chi connectivity index (χ0v) is 2.36. The Balaban J connectivity index is -0.0000000450. The molecule has 0 aliphatic heterocycles. The molecule has 0 rings (SSSR count). The van der Waals surface area contributed by atoms with E-state index < -0.39 is 5.97 Å². The van der Waals surface area contributed by atoms with Gasteiger partial charge in [-0.05, 0) is 0 Å². The van der Waals surface area contributed by atoms with Crippen molar-refractivity contribution in [3.05, 3.63) is 0 Å². The van der Waals surface area contributed by atoms with Gasteiger partial charge in [0.05, 0.1) is 0 Å². The van der Waals surface area contributed by atoms with Crippen LogP contribution in [-0.4, -0.2) is 40.6 Å². The number of carboxylic acids is 1. The molecule has 3 heteroatoms. The van der Waals surface area contributed by atoms with E-state index in [9.17, 15) is 0 Å². The molecule has 0 aliphatic carbocycles. The molecule has 0 radical (unpaired) electrons. The predicted octanol–water partition coefficient (Wildman–Crippen LogP) is -0.312. The van der Waals surface area contributed by atoms with Crippen LogP contribution in [0.15, 0.2) is 0 Å². The fraction of sp³-hybridized carbons (Fsp3) is 0.500. The van der Waals surface area contributed by atoms with Gasteiger partial charge in [-0.15, -0.1) is 0 Å². The molecule has 0 saturated heterocycles. The molecular weight excluding hydrogens is 79.0 g/mol. The van der Waals surface area contributed by atoms with E-state index >= 15 is 0 Å². The van der Waals surface area contributed by atoms with E-state index in [4.69, 9.17) is 9.90 Å². The van der Waals surface area contributed by atoms with E-state index in [-0.39, 0.29) is 31.0 Å². The van der Waals surface area contributed by atoms with Crippen molar-refractivity contribution >= 4 is 35.5 Å². The second-order valence-corrected chi connectivity index (χ2v) is 0.519. The molecule has 1 N–H and O–H groups in total. The summed E-state index contributed by atoms with van der Waals surface area (Å²) in [4.78, 5) is 9.00. The number of aliphatic carboxylic acids is 1. The maximum atomic E-state index is 9.00. The number of rotatable bonds is 0. The Morgan fingerprint density at radius 2 is 2.00 bits per heavy atom. The van der Waals surface area contributed by atoms with E-state index in [1.165, 1.54) is 0 Å². The number of carbonyl (C=O) groups is 1. The van der Waals surface area contributed by atoms with Crippen LogP contribution in [0.3, 0.4) is 0 Å². The van der Waals surface area contributed by atoms with Gasteiger partial charge in [-0.2, -0.15) is 0 Å². The quantitative estimate of drug-likeness (QED) is 0.410. The normalized spacial score (nSPS) is 5.00. The molecule has 0 fully saturated rings. The first-order chi connectivity index (χ1) is 1.73. The molecule has 0 aromatic heterocycles. The molecule has 0 aliphatic rings. The van der Waals surface area contributed by atoms with Gasteiger partial charge in [-0.25, -0.2) is 0 Å². The first-order valence-electron chi connectivity index (χ1n) is 0.928. The first-order valence-corrected chi connectivity index (χ1v) is 0.928. The molecule has 0 saturated carbocycles. The van der Waals surface area contributed by atoms with Gasteiger partial charge in [0.2, 0.25) is 0 Å². The molecule has 2 nitrogen and oxygen atoms in total. The molecular formula is C2H7NaO2. The molecule has 28 valence electrons. The Hall–Kier alpha value is 0.470.